The zero-order chi connectivity index (χ0) is 10.7. The highest BCUT2D eigenvalue weighted by Gasteiger charge is 2.21. The Morgan fingerprint density at radius 1 is 1.47 bits per heavy atom. The molecule has 0 aliphatic carbocycles. The summed E-state index contributed by atoms with van der Waals surface area (Å²) in [6.45, 7) is 1.09. The van der Waals surface area contributed by atoms with Gasteiger partial charge in [0, 0.05) is 6.54 Å². The number of aromatic nitrogens is 1. The van der Waals surface area contributed by atoms with Crippen molar-refractivity contribution in [2.24, 2.45) is 0 Å². The average molecular weight is 270 g/mol. The van der Waals surface area contributed by atoms with Crippen molar-refractivity contribution in [3.05, 3.63) is 22.8 Å². The van der Waals surface area contributed by atoms with E-state index in [9.17, 15) is 0 Å². The van der Waals surface area contributed by atoms with Gasteiger partial charge in [-0.3, -0.25) is 0 Å². The number of halogens is 1. The Balaban J connectivity index is 2.20. The molecule has 0 spiro atoms. The van der Waals surface area contributed by atoms with E-state index in [4.69, 9.17) is 0 Å². The van der Waals surface area contributed by atoms with Gasteiger partial charge < -0.3 is 10.2 Å². The largest absolute Gasteiger partial charge is 0.341 e. The van der Waals surface area contributed by atoms with Crippen LogP contribution in [0.1, 0.15) is 19.3 Å². The monoisotopic (exact) mass is 269 g/mol. The quantitative estimate of drug-likeness (QED) is 0.836. The molecule has 1 fully saturated rings. The fourth-order valence-corrected chi connectivity index (χ4v) is 2.40. The third-order valence-corrected chi connectivity index (χ3v) is 3.27. The lowest BCUT2D eigenvalue weighted by atomic mass is 10.1. The van der Waals surface area contributed by atoms with E-state index in [0.29, 0.717) is 6.17 Å². The van der Waals surface area contributed by atoms with Gasteiger partial charge in [0.05, 0.1) is 6.17 Å². The van der Waals surface area contributed by atoms with Gasteiger partial charge in [-0.05, 0) is 54.4 Å². The fraction of sp³-hybridized carbons (Fsp3) is 0.545. The van der Waals surface area contributed by atoms with Crippen molar-refractivity contribution < 1.29 is 0 Å². The predicted molar refractivity (Wildman–Crippen MR) is 66.0 cm³/mol. The molecule has 1 atom stereocenters. The van der Waals surface area contributed by atoms with Crippen molar-refractivity contribution in [3.63, 3.8) is 0 Å². The van der Waals surface area contributed by atoms with E-state index in [0.717, 1.165) is 17.0 Å². The summed E-state index contributed by atoms with van der Waals surface area (Å²) >= 11 is 3.41. The Kier molecular flexibility index (Phi) is 3.59. The number of hydrogen-bond donors (Lipinski definition) is 1. The first-order valence-electron chi connectivity index (χ1n) is 5.38. The van der Waals surface area contributed by atoms with E-state index >= 15 is 0 Å². The standard InChI is InChI=1S/C11H16BrN3/c1-13-10-6-2-3-8-15(10)11-7-4-5-9(12)14-11/h4-5,7,10,13H,2-3,6,8H2,1H3. The zero-order valence-electron chi connectivity index (χ0n) is 8.91. The molecular weight excluding hydrogens is 254 g/mol. The summed E-state index contributed by atoms with van der Waals surface area (Å²) in [4.78, 5) is 6.84. The molecule has 82 valence electrons. The maximum absolute atomic E-state index is 4.50. The SMILES string of the molecule is CNC1CCCCN1c1cccc(Br)n1. The van der Waals surface area contributed by atoms with Crippen molar-refractivity contribution in [1.29, 1.82) is 0 Å². The lowest BCUT2D eigenvalue weighted by Gasteiger charge is -2.36. The number of pyridine rings is 1. The van der Waals surface area contributed by atoms with Crippen LogP contribution < -0.4 is 10.2 Å². The van der Waals surface area contributed by atoms with E-state index in [1.807, 2.05) is 19.2 Å². The molecule has 0 bridgehead atoms. The van der Waals surface area contributed by atoms with Crippen LogP contribution in [0.3, 0.4) is 0 Å². The Morgan fingerprint density at radius 2 is 2.33 bits per heavy atom. The van der Waals surface area contributed by atoms with Gasteiger partial charge in [0.15, 0.2) is 0 Å². The van der Waals surface area contributed by atoms with E-state index in [1.54, 1.807) is 0 Å². The van der Waals surface area contributed by atoms with Crippen molar-refractivity contribution in [2.75, 3.05) is 18.5 Å². The van der Waals surface area contributed by atoms with E-state index < -0.39 is 0 Å². The third kappa shape index (κ3) is 2.49. The van der Waals surface area contributed by atoms with Gasteiger partial charge in [0.2, 0.25) is 0 Å². The van der Waals surface area contributed by atoms with Gasteiger partial charge in [0.25, 0.3) is 0 Å². The minimum atomic E-state index is 0.431. The minimum Gasteiger partial charge on any atom is -0.341 e. The molecule has 1 unspecified atom stereocenters. The van der Waals surface area contributed by atoms with Gasteiger partial charge in [-0.2, -0.15) is 0 Å². The lowest BCUT2D eigenvalue weighted by Crippen LogP contribution is -2.47. The van der Waals surface area contributed by atoms with E-state index in [1.165, 1.54) is 19.3 Å². The first-order valence-corrected chi connectivity index (χ1v) is 6.17. The highest BCUT2D eigenvalue weighted by atomic mass is 79.9. The summed E-state index contributed by atoms with van der Waals surface area (Å²) in [6, 6.07) is 6.07. The second kappa shape index (κ2) is 4.94. The molecule has 1 aromatic rings. The Hall–Kier alpha value is -0.610. The van der Waals surface area contributed by atoms with Gasteiger partial charge in [-0.25, -0.2) is 4.98 Å². The molecule has 2 rings (SSSR count). The van der Waals surface area contributed by atoms with Crippen LogP contribution in [0.2, 0.25) is 0 Å². The minimum absolute atomic E-state index is 0.431. The Bertz CT molecular complexity index is 329. The summed E-state index contributed by atoms with van der Waals surface area (Å²) in [7, 11) is 2.01. The smallest absolute Gasteiger partial charge is 0.131 e. The van der Waals surface area contributed by atoms with Crippen LogP contribution in [0, 0.1) is 0 Å². The summed E-state index contributed by atoms with van der Waals surface area (Å²) in [6.07, 6.45) is 4.19. The van der Waals surface area contributed by atoms with Gasteiger partial charge >= 0.3 is 0 Å². The number of rotatable bonds is 2. The van der Waals surface area contributed by atoms with Crippen LogP contribution in [0.15, 0.2) is 22.8 Å². The van der Waals surface area contributed by atoms with E-state index in [2.05, 4.69) is 37.2 Å². The first kappa shape index (κ1) is 10.9. The number of hydrogen-bond acceptors (Lipinski definition) is 3. The topological polar surface area (TPSA) is 28.2 Å². The molecular formula is C11H16BrN3. The third-order valence-electron chi connectivity index (χ3n) is 2.83. The second-order valence-electron chi connectivity index (χ2n) is 3.81. The molecule has 0 amide bonds. The lowest BCUT2D eigenvalue weighted by molar-refractivity contribution is 0.415. The first-order chi connectivity index (χ1) is 7.31. The highest BCUT2D eigenvalue weighted by Crippen LogP contribution is 2.22. The molecule has 3 nitrogen and oxygen atoms in total. The molecule has 0 aromatic carbocycles. The Labute approximate surface area is 99.0 Å². The molecule has 4 heteroatoms. The summed E-state index contributed by atoms with van der Waals surface area (Å²) < 4.78 is 0.903. The van der Waals surface area contributed by atoms with Crippen molar-refractivity contribution in [3.8, 4) is 0 Å². The molecule has 0 saturated carbocycles. The maximum atomic E-state index is 4.50. The number of nitrogens with one attached hydrogen (secondary N) is 1. The van der Waals surface area contributed by atoms with Crippen LogP contribution >= 0.6 is 15.9 Å². The summed E-state index contributed by atoms with van der Waals surface area (Å²) in [5.41, 5.74) is 0. The molecule has 2 heterocycles. The summed E-state index contributed by atoms with van der Waals surface area (Å²) in [5.74, 6) is 1.06. The molecule has 1 aliphatic rings. The van der Waals surface area contributed by atoms with Crippen molar-refractivity contribution in [2.45, 2.75) is 25.4 Å². The van der Waals surface area contributed by atoms with E-state index in [-0.39, 0.29) is 0 Å². The zero-order valence-corrected chi connectivity index (χ0v) is 10.5. The molecule has 1 aromatic heterocycles. The number of anilines is 1. The molecule has 0 radical (unpaired) electrons. The van der Waals surface area contributed by atoms with Crippen LogP contribution in [0.4, 0.5) is 5.82 Å². The average Bonchev–Trinajstić information content (AvgIpc) is 2.29. The molecule has 15 heavy (non-hydrogen) atoms. The number of piperidine rings is 1. The second-order valence-corrected chi connectivity index (χ2v) is 4.62. The van der Waals surface area contributed by atoms with Gasteiger partial charge in [0.1, 0.15) is 10.4 Å². The fourth-order valence-electron chi connectivity index (χ4n) is 2.06. The van der Waals surface area contributed by atoms with Gasteiger partial charge in [-0.15, -0.1) is 0 Å². The number of nitrogens with zero attached hydrogens (tertiary/aromatic N) is 2. The van der Waals surface area contributed by atoms with Crippen LogP contribution in [0.25, 0.3) is 0 Å². The molecule has 1 saturated heterocycles. The molecule has 1 N–H and O–H groups in total. The maximum Gasteiger partial charge on any atom is 0.131 e. The predicted octanol–water partition coefficient (Wildman–Crippen LogP) is 2.38. The normalized spacial score (nSPS) is 21.7. The van der Waals surface area contributed by atoms with Crippen LogP contribution in [-0.4, -0.2) is 24.7 Å². The Morgan fingerprint density at radius 3 is 3.07 bits per heavy atom. The van der Waals surface area contributed by atoms with Crippen LogP contribution in [0.5, 0.6) is 0 Å². The molecule has 1 aliphatic heterocycles. The summed E-state index contributed by atoms with van der Waals surface area (Å²) in [5, 5.41) is 3.34. The van der Waals surface area contributed by atoms with Gasteiger partial charge in [-0.1, -0.05) is 6.07 Å². The van der Waals surface area contributed by atoms with Crippen LogP contribution in [-0.2, 0) is 0 Å². The van der Waals surface area contributed by atoms with Crippen molar-refractivity contribution >= 4 is 21.7 Å². The highest BCUT2D eigenvalue weighted by molar-refractivity contribution is 9.10. The van der Waals surface area contributed by atoms with Crippen molar-refractivity contribution in [1.82, 2.24) is 10.3 Å².